The zero-order valence-corrected chi connectivity index (χ0v) is 24.4. The van der Waals surface area contributed by atoms with Gasteiger partial charge in [0.15, 0.2) is 0 Å². The molecule has 0 aliphatic rings. The molecule has 214 valence electrons. The van der Waals surface area contributed by atoms with Crippen LogP contribution in [0.1, 0.15) is 0 Å². The predicted molar refractivity (Wildman–Crippen MR) is 179 cm³/mol. The van der Waals surface area contributed by atoms with E-state index in [0.29, 0.717) is 0 Å². The molecular formula is C39H26N4O2. The van der Waals surface area contributed by atoms with Crippen molar-refractivity contribution in [1.29, 1.82) is 0 Å². The predicted octanol–water partition coefficient (Wildman–Crippen LogP) is 9.92. The van der Waals surface area contributed by atoms with Gasteiger partial charge in [-0.25, -0.2) is 4.98 Å². The van der Waals surface area contributed by atoms with Crippen LogP contribution in [0.25, 0.3) is 83.8 Å². The number of benzene rings is 4. The first kappa shape index (κ1) is 25.4. The summed E-state index contributed by atoms with van der Waals surface area (Å²) in [6.07, 6.45) is 5.25. The van der Waals surface area contributed by atoms with Crippen molar-refractivity contribution in [3.05, 3.63) is 140 Å². The SMILES string of the molecule is Cn1c(-c2ccc3c4cc(-c5ccco5)ccc4n(-c4cccc(-c5ccccn5)c4)c3c2)nc2ccc(-c3ccco3)cc21. The Morgan fingerprint density at radius 2 is 1.33 bits per heavy atom. The van der Waals surface area contributed by atoms with E-state index in [4.69, 9.17) is 13.8 Å². The third kappa shape index (κ3) is 4.11. The number of furan rings is 2. The largest absolute Gasteiger partial charge is 0.464 e. The van der Waals surface area contributed by atoms with Crippen LogP contribution in [0.4, 0.5) is 0 Å². The fourth-order valence-corrected chi connectivity index (χ4v) is 6.42. The zero-order valence-electron chi connectivity index (χ0n) is 24.4. The Morgan fingerprint density at radius 1 is 0.556 bits per heavy atom. The van der Waals surface area contributed by atoms with E-state index in [9.17, 15) is 0 Å². The number of pyridine rings is 1. The Hall–Kier alpha value is -6.14. The molecule has 0 saturated carbocycles. The van der Waals surface area contributed by atoms with Gasteiger partial charge in [-0.15, -0.1) is 0 Å². The Morgan fingerprint density at radius 3 is 2.11 bits per heavy atom. The lowest BCUT2D eigenvalue weighted by Crippen LogP contribution is -1.96. The summed E-state index contributed by atoms with van der Waals surface area (Å²) in [5.74, 6) is 2.59. The van der Waals surface area contributed by atoms with Crippen LogP contribution in [0, 0.1) is 0 Å². The molecule has 0 amide bonds. The van der Waals surface area contributed by atoms with Crippen LogP contribution in [0.2, 0.25) is 0 Å². The van der Waals surface area contributed by atoms with Crippen LogP contribution in [0.3, 0.4) is 0 Å². The molecule has 5 heterocycles. The normalized spacial score (nSPS) is 11.7. The number of fused-ring (bicyclic) bond motifs is 4. The Bertz CT molecular complexity index is 2480. The molecular weight excluding hydrogens is 556 g/mol. The summed E-state index contributed by atoms with van der Waals surface area (Å²) in [6.45, 7) is 0. The quantitative estimate of drug-likeness (QED) is 0.203. The third-order valence-electron chi connectivity index (χ3n) is 8.58. The fraction of sp³-hybridized carbons (Fsp3) is 0.0256. The van der Waals surface area contributed by atoms with Crippen molar-refractivity contribution in [3.8, 4) is 51.0 Å². The first-order valence-electron chi connectivity index (χ1n) is 14.9. The molecule has 0 aliphatic carbocycles. The molecule has 0 radical (unpaired) electrons. The van der Waals surface area contributed by atoms with Crippen molar-refractivity contribution < 1.29 is 8.83 Å². The van der Waals surface area contributed by atoms with Crippen molar-refractivity contribution in [3.63, 3.8) is 0 Å². The van der Waals surface area contributed by atoms with Gasteiger partial charge in [0.05, 0.1) is 40.3 Å². The van der Waals surface area contributed by atoms with Gasteiger partial charge in [0.25, 0.3) is 0 Å². The van der Waals surface area contributed by atoms with Gasteiger partial charge in [-0.3, -0.25) is 4.98 Å². The summed E-state index contributed by atoms with van der Waals surface area (Å²) in [4.78, 5) is 9.68. The highest BCUT2D eigenvalue weighted by Crippen LogP contribution is 2.38. The van der Waals surface area contributed by atoms with Crippen molar-refractivity contribution in [2.75, 3.05) is 0 Å². The van der Waals surface area contributed by atoms with Gasteiger partial charge >= 0.3 is 0 Å². The van der Waals surface area contributed by atoms with Gasteiger partial charge < -0.3 is 18.0 Å². The van der Waals surface area contributed by atoms with E-state index in [1.165, 1.54) is 0 Å². The van der Waals surface area contributed by atoms with E-state index in [-0.39, 0.29) is 0 Å². The van der Waals surface area contributed by atoms with Crippen molar-refractivity contribution >= 4 is 32.8 Å². The topological polar surface area (TPSA) is 61.9 Å². The standard InChI is InChI=1S/C39H26N4O2/c1-42-36-23-27(38-11-6-20-45-38)13-16-33(36)41-39(42)28-12-15-30-31-22-26(37-10-5-19-44-37)14-17-34(31)43(35(30)24-28)29-8-4-7-25(21-29)32-9-2-3-18-40-32/h2-24H,1H3. The first-order valence-corrected chi connectivity index (χ1v) is 14.9. The average Bonchev–Trinajstić information content (AvgIpc) is 3.91. The van der Waals surface area contributed by atoms with Crippen molar-refractivity contribution in [2.45, 2.75) is 0 Å². The summed E-state index contributed by atoms with van der Waals surface area (Å²) in [7, 11) is 2.07. The van der Waals surface area contributed by atoms with E-state index in [2.05, 4.69) is 100 Å². The lowest BCUT2D eigenvalue weighted by Gasteiger charge is -2.11. The Balaban J connectivity index is 1.27. The summed E-state index contributed by atoms with van der Waals surface area (Å²) in [5, 5.41) is 2.31. The molecule has 0 saturated heterocycles. The molecule has 0 spiro atoms. The highest BCUT2D eigenvalue weighted by atomic mass is 16.3. The molecule has 45 heavy (non-hydrogen) atoms. The molecule has 5 aromatic heterocycles. The molecule has 0 N–H and O–H groups in total. The summed E-state index contributed by atoms with van der Waals surface area (Å²) in [6, 6.07) is 41.8. The van der Waals surface area contributed by atoms with E-state index in [0.717, 1.165) is 83.8 Å². The van der Waals surface area contributed by atoms with Crippen LogP contribution in [-0.4, -0.2) is 19.1 Å². The first-order chi connectivity index (χ1) is 22.2. The number of hydrogen-bond donors (Lipinski definition) is 0. The van der Waals surface area contributed by atoms with Gasteiger partial charge in [-0.05, 0) is 91.0 Å². The molecule has 4 aromatic carbocycles. The maximum Gasteiger partial charge on any atom is 0.140 e. The minimum Gasteiger partial charge on any atom is -0.464 e. The second-order valence-corrected chi connectivity index (χ2v) is 11.2. The van der Waals surface area contributed by atoms with Gasteiger partial charge in [0.1, 0.15) is 17.3 Å². The number of aromatic nitrogens is 4. The van der Waals surface area contributed by atoms with E-state index < -0.39 is 0 Å². The number of aryl methyl sites for hydroxylation is 1. The molecule has 0 unspecified atom stereocenters. The smallest absolute Gasteiger partial charge is 0.140 e. The Kier molecular flexibility index (Phi) is 5.62. The monoisotopic (exact) mass is 582 g/mol. The van der Waals surface area contributed by atoms with Crippen molar-refractivity contribution in [2.24, 2.45) is 7.05 Å². The van der Waals surface area contributed by atoms with Crippen LogP contribution < -0.4 is 0 Å². The van der Waals surface area contributed by atoms with Gasteiger partial charge in [-0.2, -0.15) is 0 Å². The molecule has 6 nitrogen and oxygen atoms in total. The van der Waals surface area contributed by atoms with Crippen molar-refractivity contribution in [1.82, 2.24) is 19.1 Å². The van der Waals surface area contributed by atoms with Crippen LogP contribution in [0.15, 0.2) is 149 Å². The highest BCUT2D eigenvalue weighted by molar-refractivity contribution is 6.11. The second-order valence-electron chi connectivity index (χ2n) is 11.2. The minimum absolute atomic E-state index is 0.840. The van der Waals surface area contributed by atoms with Gasteiger partial charge in [-0.1, -0.05) is 30.3 Å². The second kappa shape index (κ2) is 9.96. The van der Waals surface area contributed by atoms with Gasteiger partial charge in [0, 0.05) is 52.0 Å². The average molecular weight is 583 g/mol. The van der Waals surface area contributed by atoms with Crippen LogP contribution >= 0.6 is 0 Å². The fourth-order valence-electron chi connectivity index (χ4n) is 6.42. The number of nitrogens with zero attached hydrogens (tertiary/aromatic N) is 4. The molecule has 0 bridgehead atoms. The maximum atomic E-state index is 5.76. The van der Waals surface area contributed by atoms with Crippen LogP contribution in [0.5, 0.6) is 0 Å². The molecule has 6 heteroatoms. The third-order valence-corrected chi connectivity index (χ3v) is 8.58. The van der Waals surface area contributed by atoms with E-state index in [1.807, 2.05) is 48.7 Å². The number of rotatable bonds is 5. The summed E-state index contributed by atoms with van der Waals surface area (Å²) in [5.41, 5.74) is 10.4. The molecule has 0 aliphatic heterocycles. The van der Waals surface area contributed by atoms with E-state index >= 15 is 0 Å². The molecule has 9 rings (SSSR count). The van der Waals surface area contributed by atoms with E-state index in [1.54, 1.807) is 12.5 Å². The maximum absolute atomic E-state index is 5.76. The van der Waals surface area contributed by atoms with Gasteiger partial charge in [0.2, 0.25) is 0 Å². The lowest BCUT2D eigenvalue weighted by molar-refractivity contribution is 0.582. The minimum atomic E-state index is 0.840. The zero-order chi connectivity index (χ0) is 29.9. The summed E-state index contributed by atoms with van der Waals surface area (Å²) >= 11 is 0. The lowest BCUT2D eigenvalue weighted by atomic mass is 10.1. The Labute approximate surface area is 258 Å². The molecule has 9 aromatic rings. The number of hydrogen-bond acceptors (Lipinski definition) is 4. The molecule has 0 fully saturated rings. The summed E-state index contributed by atoms with van der Waals surface area (Å²) < 4.78 is 15.9. The highest BCUT2D eigenvalue weighted by Gasteiger charge is 2.18. The van der Waals surface area contributed by atoms with Crippen LogP contribution in [-0.2, 0) is 7.05 Å². The molecule has 0 atom stereocenters. The number of imidazole rings is 1.